The molecule has 0 aliphatic rings. The van der Waals surface area contributed by atoms with Gasteiger partial charge in [-0.05, 0) is 11.0 Å². The van der Waals surface area contributed by atoms with E-state index in [4.69, 9.17) is 4.42 Å². The number of rotatable bonds is 4. The lowest BCUT2D eigenvalue weighted by molar-refractivity contribution is -0.389. The van der Waals surface area contributed by atoms with Crippen LogP contribution in [0.25, 0.3) is 11.0 Å². The third-order valence-corrected chi connectivity index (χ3v) is 2.90. The molecule has 0 aliphatic heterocycles. The number of hydrogen-bond acceptors (Lipinski definition) is 5. The predicted molar refractivity (Wildman–Crippen MR) is 69.4 cm³/mol. The highest BCUT2D eigenvalue weighted by atomic mass is 16.6. The van der Waals surface area contributed by atoms with Crippen LogP contribution in [0.1, 0.15) is 10.4 Å². The fraction of sp³-hybridized carbons (Fsp3) is 0.0769. The van der Waals surface area contributed by atoms with Crippen LogP contribution in [-0.2, 0) is 6.54 Å². The van der Waals surface area contributed by atoms with Gasteiger partial charge in [0.25, 0.3) is 0 Å². The molecule has 0 unspecified atom stereocenters. The second-order valence-corrected chi connectivity index (χ2v) is 4.20. The van der Waals surface area contributed by atoms with Crippen molar-refractivity contribution < 1.29 is 14.1 Å². The Morgan fingerprint density at radius 3 is 2.90 bits per heavy atom. The molecule has 0 bridgehead atoms. The molecule has 7 heteroatoms. The molecule has 2 heterocycles. The minimum Gasteiger partial charge on any atom is -0.464 e. The van der Waals surface area contributed by atoms with E-state index in [1.54, 1.807) is 12.1 Å². The molecule has 0 amide bonds. The van der Waals surface area contributed by atoms with Crippen molar-refractivity contribution in [2.75, 3.05) is 0 Å². The highest BCUT2D eigenvalue weighted by Gasteiger charge is 2.17. The number of nitrogens with zero attached hydrogens (tertiary/aromatic N) is 3. The monoisotopic (exact) mass is 271 g/mol. The second kappa shape index (κ2) is 4.61. The molecule has 7 nitrogen and oxygen atoms in total. The number of benzene rings is 1. The van der Waals surface area contributed by atoms with E-state index in [1.807, 2.05) is 12.1 Å². The molecule has 0 fully saturated rings. The summed E-state index contributed by atoms with van der Waals surface area (Å²) in [4.78, 5) is 22.1. The maximum absolute atomic E-state index is 12.2. The van der Waals surface area contributed by atoms with Crippen molar-refractivity contribution in [3.63, 3.8) is 0 Å². The van der Waals surface area contributed by atoms with Gasteiger partial charge in [-0.15, -0.1) is 0 Å². The molecule has 0 N–H and O–H groups in total. The van der Waals surface area contributed by atoms with Gasteiger partial charge in [0.2, 0.25) is 0 Å². The molecular formula is C13H9N3O4. The topological polar surface area (TPSA) is 91.2 Å². The molecule has 2 aromatic heterocycles. The highest BCUT2D eigenvalue weighted by molar-refractivity contribution is 6.06. The molecule has 0 aliphatic carbocycles. The minimum atomic E-state index is -0.603. The number of carbonyl (C=O) groups excluding carboxylic acids is 1. The van der Waals surface area contributed by atoms with E-state index in [1.165, 1.54) is 23.2 Å². The number of hydrogen-bond donors (Lipinski definition) is 0. The molecule has 0 saturated heterocycles. The van der Waals surface area contributed by atoms with Gasteiger partial charge in [0, 0.05) is 5.39 Å². The first kappa shape index (κ1) is 12.1. The van der Waals surface area contributed by atoms with Gasteiger partial charge in [-0.3, -0.25) is 4.79 Å². The summed E-state index contributed by atoms with van der Waals surface area (Å²) in [6, 6.07) is 8.44. The van der Waals surface area contributed by atoms with Crippen LogP contribution in [0.5, 0.6) is 0 Å². The lowest BCUT2D eigenvalue weighted by Crippen LogP contribution is -2.10. The number of Topliss-reactive ketones (excluding diaryl/α,β-unsaturated/α-hetero) is 1. The molecule has 20 heavy (non-hydrogen) atoms. The Morgan fingerprint density at radius 2 is 2.15 bits per heavy atom. The summed E-state index contributed by atoms with van der Waals surface area (Å²) in [5, 5.41) is 15.0. The molecule has 0 spiro atoms. The molecule has 3 rings (SSSR count). The van der Waals surface area contributed by atoms with E-state index in [0.717, 1.165) is 5.39 Å². The van der Waals surface area contributed by atoms with Crippen LogP contribution in [0.3, 0.4) is 0 Å². The standard InChI is InChI=1S/C13H9N3O4/c17-11(7-15-6-5-13(14-15)16(18)19)10-8-20-12-4-2-1-3-9(10)12/h1-6,8H,7H2. The van der Waals surface area contributed by atoms with Crippen molar-refractivity contribution in [3.8, 4) is 0 Å². The van der Waals surface area contributed by atoms with Gasteiger partial charge in [-0.2, -0.15) is 4.68 Å². The average molecular weight is 271 g/mol. The third kappa shape index (κ3) is 2.05. The van der Waals surface area contributed by atoms with Gasteiger partial charge in [-0.1, -0.05) is 18.2 Å². The van der Waals surface area contributed by atoms with Crippen molar-refractivity contribution in [1.82, 2.24) is 9.78 Å². The van der Waals surface area contributed by atoms with Crippen molar-refractivity contribution in [1.29, 1.82) is 0 Å². The lowest BCUT2D eigenvalue weighted by atomic mass is 10.1. The van der Waals surface area contributed by atoms with Gasteiger partial charge < -0.3 is 14.5 Å². The van der Waals surface area contributed by atoms with Crippen LogP contribution in [0.2, 0.25) is 0 Å². The maximum atomic E-state index is 12.2. The van der Waals surface area contributed by atoms with Crippen LogP contribution in [-0.4, -0.2) is 20.5 Å². The number of aromatic nitrogens is 2. The van der Waals surface area contributed by atoms with Crippen LogP contribution in [0, 0.1) is 10.1 Å². The van der Waals surface area contributed by atoms with Crippen molar-refractivity contribution in [2.24, 2.45) is 0 Å². The molecular weight excluding hydrogens is 262 g/mol. The Hall–Kier alpha value is -2.96. The number of nitro groups is 1. The van der Waals surface area contributed by atoms with Crippen LogP contribution >= 0.6 is 0 Å². The van der Waals surface area contributed by atoms with Gasteiger partial charge in [0.05, 0.1) is 22.9 Å². The lowest BCUT2D eigenvalue weighted by Gasteiger charge is -1.96. The van der Waals surface area contributed by atoms with Crippen LogP contribution < -0.4 is 0 Å². The summed E-state index contributed by atoms with van der Waals surface area (Å²) in [5.74, 6) is -0.497. The smallest absolute Gasteiger partial charge is 0.389 e. The Morgan fingerprint density at radius 1 is 1.35 bits per heavy atom. The van der Waals surface area contributed by atoms with Crippen molar-refractivity contribution in [2.45, 2.75) is 6.54 Å². The summed E-state index contributed by atoms with van der Waals surface area (Å²) in [5.41, 5.74) is 1.07. The second-order valence-electron chi connectivity index (χ2n) is 4.20. The Balaban J connectivity index is 1.87. The number of carbonyl (C=O) groups is 1. The van der Waals surface area contributed by atoms with E-state index in [-0.39, 0.29) is 18.1 Å². The quantitative estimate of drug-likeness (QED) is 0.413. The van der Waals surface area contributed by atoms with Gasteiger partial charge >= 0.3 is 5.82 Å². The fourth-order valence-corrected chi connectivity index (χ4v) is 1.96. The first-order chi connectivity index (χ1) is 9.65. The Kier molecular flexibility index (Phi) is 2.79. The van der Waals surface area contributed by atoms with E-state index in [2.05, 4.69) is 5.10 Å². The fourth-order valence-electron chi connectivity index (χ4n) is 1.96. The zero-order valence-corrected chi connectivity index (χ0v) is 10.2. The van der Waals surface area contributed by atoms with Gasteiger partial charge in [0.15, 0.2) is 5.78 Å². The summed E-state index contributed by atoms with van der Waals surface area (Å²) < 4.78 is 6.53. The third-order valence-electron chi connectivity index (χ3n) is 2.90. The molecule has 0 atom stereocenters. The average Bonchev–Trinajstić information content (AvgIpc) is 3.04. The van der Waals surface area contributed by atoms with Crippen LogP contribution in [0.15, 0.2) is 47.2 Å². The number of fused-ring (bicyclic) bond motifs is 1. The molecule has 100 valence electrons. The Labute approximate surface area is 112 Å². The first-order valence-corrected chi connectivity index (χ1v) is 5.82. The molecule has 1 aromatic carbocycles. The highest BCUT2D eigenvalue weighted by Crippen LogP contribution is 2.21. The maximum Gasteiger partial charge on any atom is 0.389 e. The molecule has 0 radical (unpaired) electrons. The van der Waals surface area contributed by atoms with E-state index in [9.17, 15) is 14.9 Å². The van der Waals surface area contributed by atoms with Gasteiger partial charge in [0.1, 0.15) is 18.4 Å². The number of para-hydroxylation sites is 1. The van der Waals surface area contributed by atoms with E-state index >= 15 is 0 Å². The zero-order valence-electron chi connectivity index (χ0n) is 10.2. The number of ketones is 1. The number of furan rings is 1. The van der Waals surface area contributed by atoms with Crippen molar-refractivity contribution >= 4 is 22.6 Å². The summed E-state index contributed by atoms with van der Waals surface area (Å²) in [7, 11) is 0. The summed E-state index contributed by atoms with van der Waals surface area (Å²) in [6.07, 6.45) is 2.79. The van der Waals surface area contributed by atoms with Crippen LogP contribution in [0.4, 0.5) is 5.82 Å². The van der Waals surface area contributed by atoms with E-state index < -0.39 is 4.92 Å². The van der Waals surface area contributed by atoms with Gasteiger partial charge in [-0.25, -0.2) is 0 Å². The SMILES string of the molecule is O=C(Cn1ccc([N+](=O)[O-])n1)c1coc2ccccc12. The molecule has 3 aromatic rings. The molecule has 0 saturated carbocycles. The van der Waals surface area contributed by atoms with E-state index in [0.29, 0.717) is 11.1 Å². The normalized spacial score (nSPS) is 10.8. The largest absolute Gasteiger partial charge is 0.464 e. The van der Waals surface area contributed by atoms with Crippen molar-refractivity contribution in [3.05, 3.63) is 58.5 Å². The first-order valence-electron chi connectivity index (χ1n) is 5.82. The minimum absolute atomic E-state index is 0.0721. The zero-order chi connectivity index (χ0) is 14.1. The predicted octanol–water partition coefficient (Wildman–Crippen LogP) is 2.42. The summed E-state index contributed by atoms with van der Waals surface area (Å²) in [6.45, 7) is -0.0721. The Bertz CT molecular complexity index is 803. The summed E-state index contributed by atoms with van der Waals surface area (Å²) >= 11 is 0.